The highest BCUT2D eigenvalue weighted by molar-refractivity contribution is 7.71. The van der Waals surface area contributed by atoms with E-state index in [0.717, 1.165) is 21.6 Å². The Morgan fingerprint density at radius 3 is 3.05 bits per heavy atom. The minimum atomic E-state index is 0.498. The van der Waals surface area contributed by atoms with Crippen LogP contribution in [0, 0.1) is 11.7 Å². The van der Waals surface area contributed by atoms with Gasteiger partial charge >= 0.3 is 0 Å². The molecule has 1 N–H and O–H groups in total. The van der Waals surface area contributed by atoms with Crippen molar-refractivity contribution in [3.05, 3.63) is 22.6 Å². The highest BCUT2D eigenvalue weighted by Gasteiger charge is 2.39. The van der Waals surface area contributed by atoms with Crippen molar-refractivity contribution in [3.63, 3.8) is 0 Å². The molecule has 0 spiro atoms. The van der Waals surface area contributed by atoms with E-state index in [4.69, 9.17) is 17.2 Å². The van der Waals surface area contributed by atoms with Crippen LogP contribution in [0.15, 0.2) is 12.1 Å². The van der Waals surface area contributed by atoms with E-state index in [1.54, 1.807) is 0 Å². The SMILES string of the molecule is Cc1ccc2[nH]c(=S)n(C3CCN4CCCC34)c2n1. The fraction of sp³-hybridized carbons (Fsp3) is 0.571. The molecule has 2 aromatic rings. The molecule has 2 saturated heterocycles. The van der Waals surface area contributed by atoms with Gasteiger partial charge in [0.25, 0.3) is 0 Å². The lowest BCUT2D eigenvalue weighted by Crippen LogP contribution is -2.27. The minimum absolute atomic E-state index is 0.498. The third-order valence-electron chi connectivity index (χ3n) is 4.61. The Kier molecular flexibility index (Phi) is 2.53. The van der Waals surface area contributed by atoms with Crippen molar-refractivity contribution in [1.82, 2.24) is 19.4 Å². The molecule has 0 radical (unpaired) electrons. The Labute approximate surface area is 117 Å². The number of pyridine rings is 1. The zero-order chi connectivity index (χ0) is 13.0. The van der Waals surface area contributed by atoms with Crippen LogP contribution in [0.4, 0.5) is 0 Å². The fourth-order valence-corrected chi connectivity index (χ4v) is 4.09. The van der Waals surface area contributed by atoms with Crippen molar-refractivity contribution >= 4 is 23.4 Å². The number of aromatic amines is 1. The maximum atomic E-state index is 5.54. The van der Waals surface area contributed by atoms with Crippen LogP contribution in [0.1, 0.15) is 31.0 Å². The van der Waals surface area contributed by atoms with Gasteiger partial charge in [0.2, 0.25) is 0 Å². The number of rotatable bonds is 1. The predicted molar refractivity (Wildman–Crippen MR) is 77.9 cm³/mol. The Hall–Kier alpha value is -1.20. The number of hydrogen-bond donors (Lipinski definition) is 1. The second-order valence-corrected chi connectivity index (χ2v) is 6.11. The average Bonchev–Trinajstić information content (AvgIpc) is 3.03. The molecule has 0 amide bonds. The predicted octanol–water partition coefficient (Wildman–Crippen LogP) is 2.81. The van der Waals surface area contributed by atoms with Crippen LogP contribution in [-0.2, 0) is 0 Å². The van der Waals surface area contributed by atoms with Crippen molar-refractivity contribution < 1.29 is 0 Å². The third-order valence-corrected chi connectivity index (χ3v) is 4.90. The first-order valence-corrected chi connectivity index (χ1v) is 7.47. The molecule has 0 bridgehead atoms. The number of imidazole rings is 1. The summed E-state index contributed by atoms with van der Waals surface area (Å²) < 4.78 is 3.10. The van der Waals surface area contributed by atoms with E-state index in [1.165, 1.54) is 32.4 Å². The van der Waals surface area contributed by atoms with Crippen molar-refractivity contribution in [2.24, 2.45) is 0 Å². The fourth-order valence-electron chi connectivity index (χ4n) is 3.76. The van der Waals surface area contributed by atoms with Gasteiger partial charge in [-0.1, -0.05) is 0 Å². The first-order valence-electron chi connectivity index (χ1n) is 7.06. The van der Waals surface area contributed by atoms with E-state index in [1.807, 2.05) is 13.0 Å². The molecule has 0 aromatic carbocycles. The Bertz CT molecular complexity index is 686. The molecule has 4 nitrogen and oxygen atoms in total. The zero-order valence-corrected chi connectivity index (χ0v) is 11.9. The van der Waals surface area contributed by atoms with Gasteiger partial charge in [-0.25, -0.2) is 4.98 Å². The summed E-state index contributed by atoms with van der Waals surface area (Å²) >= 11 is 5.54. The number of H-pyrrole nitrogens is 1. The van der Waals surface area contributed by atoms with Gasteiger partial charge in [0.15, 0.2) is 10.4 Å². The van der Waals surface area contributed by atoms with Crippen LogP contribution in [0.5, 0.6) is 0 Å². The number of fused-ring (bicyclic) bond motifs is 2. The summed E-state index contributed by atoms with van der Waals surface area (Å²) in [5, 5.41) is 0. The molecule has 4 heterocycles. The second-order valence-electron chi connectivity index (χ2n) is 5.73. The summed E-state index contributed by atoms with van der Waals surface area (Å²) in [4.78, 5) is 10.6. The van der Waals surface area contributed by atoms with Crippen LogP contribution >= 0.6 is 12.2 Å². The third kappa shape index (κ3) is 1.68. The zero-order valence-electron chi connectivity index (χ0n) is 11.1. The highest BCUT2D eigenvalue weighted by atomic mass is 32.1. The molecule has 4 rings (SSSR count). The number of hydrogen-bond acceptors (Lipinski definition) is 3. The van der Waals surface area contributed by atoms with Gasteiger partial charge < -0.3 is 4.98 Å². The lowest BCUT2D eigenvalue weighted by atomic mass is 10.1. The monoisotopic (exact) mass is 274 g/mol. The van der Waals surface area contributed by atoms with Crippen LogP contribution in [0.25, 0.3) is 11.2 Å². The maximum absolute atomic E-state index is 5.54. The topological polar surface area (TPSA) is 36.9 Å². The summed E-state index contributed by atoms with van der Waals surface area (Å²) in [6.45, 7) is 4.50. The Morgan fingerprint density at radius 1 is 1.26 bits per heavy atom. The second kappa shape index (κ2) is 4.15. The molecule has 2 unspecified atom stereocenters. The number of nitrogens with one attached hydrogen (secondary N) is 1. The molecular weight excluding hydrogens is 256 g/mol. The van der Waals surface area contributed by atoms with E-state index in [-0.39, 0.29) is 0 Å². The van der Waals surface area contributed by atoms with Crippen molar-refractivity contribution in [2.45, 2.75) is 38.3 Å². The van der Waals surface area contributed by atoms with E-state index in [2.05, 4.69) is 20.5 Å². The lowest BCUT2D eigenvalue weighted by Gasteiger charge is -2.21. The van der Waals surface area contributed by atoms with Gasteiger partial charge in [0.05, 0.1) is 11.6 Å². The van der Waals surface area contributed by atoms with Gasteiger partial charge in [-0.15, -0.1) is 0 Å². The minimum Gasteiger partial charge on any atom is -0.329 e. The molecule has 19 heavy (non-hydrogen) atoms. The van der Waals surface area contributed by atoms with Gasteiger partial charge in [0, 0.05) is 18.3 Å². The molecule has 2 aliphatic heterocycles. The van der Waals surface area contributed by atoms with E-state index in [9.17, 15) is 0 Å². The van der Waals surface area contributed by atoms with E-state index < -0.39 is 0 Å². The Morgan fingerprint density at radius 2 is 2.16 bits per heavy atom. The van der Waals surface area contributed by atoms with E-state index in [0.29, 0.717) is 12.1 Å². The summed E-state index contributed by atoms with van der Waals surface area (Å²) in [5.41, 5.74) is 3.15. The molecule has 5 heteroatoms. The van der Waals surface area contributed by atoms with Gasteiger partial charge in [-0.05, 0) is 57.1 Å². The smallest absolute Gasteiger partial charge is 0.179 e. The molecule has 2 aromatic heterocycles. The van der Waals surface area contributed by atoms with Gasteiger partial charge in [-0.2, -0.15) is 0 Å². The molecule has 100 valence electrons. The normalized spacial score (nSPS) is 27.2. The average molecular weight is 274 g/mol. The molecule has 2 aliphatic rings. The molecule has 0 saturated carbocycles. The first kappa shape index (κ1) is 11.6. The maximum Gasteiger partial charge on any atom is 0.179 e. The molecule has 2 fully saturated rings. The molecule has 2 atom stereocenters. The van der Waals surface area contributed by atoms with Crippen LogP contribution in [0.3, 0.4) is 0 Å². The number of aryl methyl sites for hydroxylation is 1. The van der Waals surface area contributed by atoms with Crippen molar-refractivity contribution in [1.29, 1.82) is 0 Å². The summed E-state index contributed by atoms with van der Waals surface area (Å²) in [6, 6.07) is 5.28. The highest BCUT2D eigenvalue weighted by Crippen LogP contribution is 2.37. The van der Waals surface area contributed by atoms with Gasteiger partial charge in [-0.3, -0.25) is 9.47 Å². The molecular formula is C14H18N4S. The standard InChI is InChI=1S/C14H18N4S/c1-9-4-5-10-13(15-9)18(14(19)16-10)12-6-8-17-7-2-3-11(12)17/h4-5,11-12H,2-3,6-8H2,1H3,(H,16,19). The Balaban J connectivity index is 1.88. The van der Waals surface area contributed by atoms with Crippen LogP contribution < -0.4 is 0 Å². The largest absolute Gasteiger partial charge is 0.329 e. The van der Waals surface area contributed by atoms with E-state index >= 15 is 0 Å². The first-order chi connectivity index (χ1) is 9.24. The van der Waals surface area contributed by atoms with Crippen molar-refractivity contribution in [2.75, 3.05) is 13.1 Å². The van der Waals surface area contributed by atoms with Crippen molar-refractivity contribution in [3.8, 4) is 0 Å². The van der Waals surface area contributed by atoms with Crippen LogP contribution in [-0.4, -0.2) is 38.6 Å². The van der Waals surface area contributed by atoms with Gasteiger partial charge in [0.1, 0.15) is 0 Å². The summed E-state index contributed by atoms with van der Waals surface area (Å²) in [7, 11) is 0. The van der Waals surface area contributed by atoms with Crippen LogP contribution in [0.2, 0.25) is 0 Å². The summed E-state index contributed by atoms with van der Waals surface area (Å²) in [6.07, 6.45) is 3.82. The number of aromatic nitrogens is 3. The quantitative estimate of drug-likeness (QED) is 0.812. The summed E-state index contributed by atoms with van der Waals surface area (Å²) in [5.74, 6) is 0. The number of nitrogens with zero attached hydrogens (tertiary/aromatic N) is 3. The lowest BCUT2D eigenvalue weighted by molar-refractivity contribution is 0.291. The molecule has 0 aliphatic carbocycles.